The summed E-state index contributed by atoms with van der Waals surface area (Å²) in [7, 11) is 0. The van der Waals surface area contributed by atoms with E-state index in [-0.39, 0.29) is 5.56 Å². The lowest BCUT2D eigenvalue weighted by molar-refractivity contribution is 0.675. The molecule has 0 aliphatic heterocycles. The van der Waals surface area contributed by atoms with Crippen LogP contribution in [0.5, 0.6) is 0 Å². The van der Waals surface area contributed by atoms with Gasteiger partial charge in [-0.3, -0.25) is 4.79 Å². The van der Waals surface area contributed by atoms with Gasteiger partial charge < -0.3 is 9.55 Å². The van der Waals surface area contributed by atoms with Crippen LogP contribution in [0.15, 0.2) is 41.5 Å². The smallest absolute Gasteiger partial charge is 0.261 e. The molecule has 1 aromatic carbocycles. The molecule has 0 atom stereocenters. The third-order valence-electron chi connectivity index (χ3n) is 5.24. The standard InChI is InChI=1S/C21H20N6O/c1-12-4-5-17-16(10-12)15(11-22-17)6-8-26-9-7-18-19(20(26)28)13(2)23-21-24-14(3)25-27(18)21/h4-5,7,9-11,22H,6,8H2,1-3H3. The second kappa shape index (κ2) is 6.02. The summed E-state index contributed by atoms with van der Waals surface area (Å²) >= 11 is 0. The summed E-state index contributed by atoms with van der Waals surface area (Å²) in [5, 5.41) is 6.18. The maximum Gasteiger partial charge on any atom is 0.261 e. The van der Waals surface area contributed by atoms with Gasteiger partial charge in [0.15, 0.2) is 0 Å². The average molecular weight is 372 g/mol. The lowest BCUT2D eigenvalue weighted by Crippen LogP contribution is -2.22. The minimum absolute atomic E-state index is 0.0476. The van der Waals surface area contributed by atoms with Gasteiger partial charge in [-0.05, 0) is 51.0 Å². The molecule has 1 N–H and O–H groups in total. The highest BCUT2D eigenvalue weighted by Gasteiger charge is 2.14. The van der Waals surface area contributed by atoms with Gasteiger partial charge in [0.05, 0.1) is 16.6 Å². The van der Waals surface area contributed by atoms with E-state index in [1.54, 1.807) is 9.08 Å². The van der Waals surface area contributed by atoms with E-state index in [1.807, 2.05) is 32.3 Å². The highest BCUT2D eigenvalue weighted by atomic mass is 16.1. The molecular formula is C21H20N6O. The van der Waals surface area contributed by atoms with Crippen LogP contribution in [0.25, 0.3) is 27.6 Å². The number of fused-ring (bicyclic) bond motifs is 4. The average Bonchev–Trinajstić information content (AvgIpc) is 3.23. The Bertz CT molecular complexity index is 1420. The first-order valence-electron chi connectivity index (χ1n) is 9.31. The van der Waals surface area contributed by atoms with E-state index in [0.717, 1.165) is 17.5 Å². The number of H-pyrrole nitrogens is 1. The van der Waals surface area contributed by atoms with E-state index in [4.69, 9.17) is 0 Å². The summed E-state index contributed by atoms with van der Waals surface area (Å²) in [6, 6.07) is 8.30. The molecule has 0 spiro atoms. The van der Waals surface area contributed by atoms with Crippen molar-refractivity contribution < 1.29 is 0 Å². The summed E-state index contributed by atoms with van der Waals surface area (Å²) in [6.07, 6.45) is 4.64. The molecule has 0 amide bonds. The van der Waals surface area contributed by atoms with E-state index >= 15 is 0 Å². The first kappa shape index (κ1) is 16.7. The molecule has 0 saturated heterocycles. The van der Waals surface area contributed by atoms with Crippen LogP contribution >= 0.6 is 0 Å². The fourth-order valence-electron chi connectivity index (χ4n) is 3.84. The van der Waals surface area contributed by atoms with Crippen LogP contribution in [0.1, 0.15) is 22.6 Å². The summed E-state index contributed by atoms with van der Waals surface area (Å²) in [6.45, 7) is 6.36. The van der Waals surface area contributed by atoms with Crippen LogP contribution in [0.3, 0.4) is 0 Å². The second-order valence-electron chi connectivity index (χ2n) is 7.26. The molecule has 0 fully saturated rings. The van der Waals surface area contributed by atoms with Crippen LogP contribution in [0.4, 0.5) is 0 Å². The van der Waals surface area contributed by atoms with Crippen molar-refractivity contribution in [1.82, 2.24) is 29.1 Å². The number of nitrogens with zero attached hydrogens (tertiary/aromatic N) is 5. The molecule has 5 aromatic rings. The Morgan fingerprint density at radius 3 is 2.82 bits per heavy atom. The molecule has 0 aliphatic carbocycles. The molecular weight excluding hydrogens is 352 g/mol. The normalized spacial score (nSPS) is 11.8. The predicted molar refractivity (Wildman–Crippen MR) is 109 cm³/mol. The number of rotatable bonds is 3. The highest BCUT2D eigenvalue weighted by Crippen LogP contribution is 2.21. The number of benzene rings is 1. The number of pyridine rings is 1. The zero-order valence-electron chi connectivity index (χ0n) is 16.0. The Morgan fingerprint density at radius 2 is 1.96 bits per heavy atom. The number of nitrogens with one attached hydrogen (secondary N) is 1. The van der Waals surface area contributed by atoms with Crippen molar-refractivity contribution in [3.05, 3.63) is 69.7 Å². The molecule has 140 valence electrons. The largest absolute Gasteiger partial charge is 0.361 e. The zero-order valence-corrected chi connectivity index (χ0v) is 16.0. The molecule has 0 bridgehead atoms. The minimum Gasteiger partial charge on any atom is -0.361 e. The molecule has 0 aliphatic rings. The van der Waals surface area contributed by atoms with E-state index in [2.05, 4.69) is 45.2 Å². The Labute approximate surface area is 160 Å². The van der Waals surface area contributed by atoms with Crippen molar-refractivity contribution in [3.8, 4) is 0 Å². The van der Waals surface area contributed by atoms with E-state index in [0.29, 0.717) is 29.2 Å². The molecule has 4 aromatic heterocycles. The van der Waals surface area contributed by atoms with Crippen molar-refractivity contribution in [2.75, 3.05) is 0 Å². The number of hydrogen-bond donors (Lipinski definition) is 1. The molecule has 0 saturated carbocycles. The maximum absolute atomic E-state index is 13.1. The molecule has 7 nitrogen and oxygen atoms in total. The van der Waals surface area contributed by atoms with Crippen molar-refractivity contribution in [3.63, 3.8) is 0 Å². The van der Waals surface area contributed by atoms with Gasteiger partial charge in [-0.2, -0.15) is 9.50 Å². The fourth-order valence-corrected chi connectivity index (χ4v) is 3.84. The third kappa shape index (κ3) is 2.51. The third-order valence-corrected chi connectivity index (χ3v) is 5.24. The molecule has 0 unspecified atom stereocenters. The Hall–Kier alpha value is -3.48. The highest BCUT2D eigenvalue weighted by molar-refractivity contribution is 5.84. The summed E-state index contributed by atoms with van der Waals surface area (Å²) < 4.78 is 3.40. The second-order valence-corrected chi connectivity index (χ2v) is 7.26. The quantitative estimate of drug-likeness (QED) is 0.528. The fraction of sp³-hybridized carbons (Fsp3) is 0.238. The Kier molecular flexibility index (Phi) is 3.58. The Balaban J connectivity index is 1.57. The van der Waals surface area contributed by atoms with E-state index < -0.39 is 0 Å². The lowest BCUT2D eigenvalue weighted by atomic mass is 10.1. The number of aryl methyl sites for hydroxylation is 5. The van der Waals surface area contributed by atoms with Gasteiger partial charge >= 0.3 is 0 Å². The van der Waals surface area contributed by atoms with Crippen LogP contribution < -0.4 is 5.56 Å². The summed E-state index contributed by atoms with van der Waals surface area (Å²) in [5.74, 6) is 1.16. The first-order valence-corrected chi connectivity index (χ1v) is 9.31. The first-order chi connectivity index (χ1) is 13.5. The van der Waals surface area contributed by atoms with Crippen molar-refractivity contribution in [2.24, 2.45) is 0 Å². The van der Waals surface area contributed by atoms with Gasteiger partial charge in [-0.1, -0.05) is 11.6 Å². The van der Waals surface area contributed by atoms with Gasteiger partial charge in [0.25, 0.3) is 11.3 Å². The van der Waals surface area contributed by atoms with Crippen LogP contribution in [0.2, 0.25) is 0 Å². The van der Waals surface area contributed by atoms with Crippen molar-refractivity contribution in [2.45, 2.75) is 33.7 Å². The lowest BCUT2D eigenvalue weighted by Gasteiger charge is -2.09. The van der Waals surface area contributed by atoms with Gasteiger partial charge in [0.1, 0.15) is 5.82 Å². The zero-order chi connectivity index (χ0) is 19.4. The molecule has 28 heavy (non-hydrogen) atoms. The summed E-state index contributed by atoms with van der Waals surface area (Å²) in [4.78, 5) is 25.2. The van der Waals surface area contributed by atoms with Gasteiger partial charge in [-0.15, -0.1) is 5.10 Å². The van der Waals surface area contributed by atoms with Crippen LogP contribution in [0, 0.1) is 20.8 Å². The van der Waals surface area contributed by atoms with Crippen molar-refractivity contribution >= 4 is 27.6 Å². The van der Waals surface area contributed by atoms with Gasteiger partial charge in [0, 0.05) is 29.8 Å². The van der Waals surface area contributed by atoms with Crippen LogP contribution in [-0.4, -0.2) is 29.1 Å². The SMILES string of the molecule is Cc1ccc2[nH]cc(CCn3ccc4c(c(C)nc5nc(C)nn54)c3=O)c2c1. The number of aromatic nitrogens is 6. The molecule has 4 heterocycles. The Morgan fingerprint density at radius 1 is 1.11 bits per heavy atom. The molecule has 0 radical (unpaired) electrons. The van der Waals surface area contributed by atoms with E-state index in [9.17, 15) is 4.79 Å². The predicted octanol–water partition coefficient (Wildman–Crippen LogP) is 3.09. The monoisotopic (exact) mass is 372 g/mol. The number of aromatic amines is 1. The van der Waals surface area contributed by atoms with Crippen molar-refractivity contribution in [1.29, 1.82) is 0 Å². The van der Waals surface area contributed by atoms with E-state index in [1.165, 1.54) is 16.5 Å². The molecule has 5 rings (SSSR count). The van der Waals surface area contributed by atoms with Gasteiger partial charge in [-0.25, -0.2) is 4.98 Å². The topological polar surface area (TPSA) is 80.9 Å². The maximum atomic E-state index is 13.1. The summed E-state index contributed by atoms with van der Waals surface area (Å²) in [5.41, 5.74) is 4.93. The number of hydrogen-bond acceptors (Lipinski definition) is 4. The molecule has 7 heteroatoms. The van der Waals surface area contributed by atoms with Crippen LogP contribution in [-0.2, 0) is 13.0 Å². The minimum atomic E-state index is -0.0476. The van der Waals surface area contributed by atoms with Gasteiger partial charge in [0.2, 0.25) is 0 Å².